The van der Waals surface area contributed by atoms with Crippen LogP contribution in [0.25, 0.3) is 0 Å². The fourth-order valence-electron chi connectivity index (χ4n) is 1.93. The van der Waals surface area contributed by atoms with E-state index in [1.165, 1.54) is 0 Å². The number of rotatable bonds is 6. The molecule has 0 aliphatic heterocycles. The van der Waals surface area contributed by atoms with Crippen molar-refractivity contribution >= 4 is 11.6 Å². The van der Waals surface area contributed by atoms with E-state index in [-0.39, 0.29) is 0 Å². The summed E-state index contributed by atoms with van der Waals surface area (Å²) >= 11 is 0. The maximum Gasteiger partial charge on any atom is 0.252 e. The number of primary amides is 1. The third-order valence-corrected chi connectivity index (χ3v) is 3.08. The number of benzene rings is 2. The summed E-state index contributed by atoms with van der Waals surface area (Å²) in [6.07, 6.45) is 0.705. The number of amides is 1. The molecule has 0 heterocycles. The van der Waals surface area contributed by atoms with E-state index in [1.54, 1.807) is 25.3 Å². The molecule has 0 aliphatic carbocycles. The predicted octanol–water partition coefficient (Wildman–Crippen LogP) is 2.00. The smallest absolute Gasteiger partial charge is 0.252 e. The van der Waals surface area contributed by atoms with Crippen molar-refractivity contribution in [2.24, 2.45) is 5.73 Å². The highest BCUT2D eigenvalue weighted by Crippen LogP contribution is 2.22. The molecule has 0 spiro atoms. The van der Waals surface area contributed by atoms with Gasteiger partial charge in [-0.25, -0.2) is 0 Å². The summed E-state index contributed by atoms with van der Waals surface area (Å²) in [6.45, 7) is 0.427. The summed E-state index contributed by atoms with van der Waals surface area (Å²) in [5, 5.41) is 0. The second-order valence-electron chi connectivity index (χ2n) is 4.57. The van der Waals surface area contributed by atoms with Crippen molar-refractivity contribution in [2.75, 3.05) is 19.5 Å². The Hall–Kier alpha value is -2.69. The van der Waals surface area contributed by atoms with E-state index in [2.05, 4.69) is 0 Å². The van der Waals surface area contributed by atoms with Crippen LogP contribution in [0.15, 0.2) is 42.5 Å². The Kier molecular flexibility index (Phi) is 4.66. The highest BCUT2D eigenvalue weighted by molar-refractivity contribution is 5.96. The van der Waals surface area contributed by atoms with Gasteiger partial charge < -0.3 is 20.9 Å². The van der Waals surface area contributed by atoms with Gasteiger partial charge in [0.25, 0.3) is 5.91 Å². The van der Waals surface area contributed by atoms with Gasteiger partial charge in [0.1, 0.15) is 11.5 Å². The van der Waals surface area contributed by atoms with Crippen LogP contribution in [0, 0.1) is 0 Å². The lowest BCUT2D eigenvalue weighted by Crippen LogP contribution is -2.14. The predicted molar refractivity (Wildman–Crippen MR) is 81.6 cm³/mol. The summed E-state index contributed by atoms with van der Waals surface area (Å²) in [5.74, 6) is 0.692. The van der Waals surface area contributed by atoms with Crippen molar-refractivity contribution in [1.29, 1.82) is 0 Å². The maximum atomic E-state index is 11.3. The Morgan fingerprint density at radius 1 is 1.14 bits per heavy atom. The molecular formula is C16H18N2O3. The van der Waals surface area contributed by atoms with Crippen LogP contribution in [0.2, 0.25) is 0 Å². The molecule has 5 nitrogen and oxygen atoms in total. The van der Waals surface area contributed by atoms with Crippen LogP contribution in [-0.2, 0) is 6.42 Å². The molecule has 2 aromatic carbocycles. The van der Waals surface area contributed by atoms with E-state index in [9.17, 15) is 4.79 Å². The van der Waals surface area contributed by atoms with Gasteiger partial charge in [-0.05, 0) is 29.8 Å². The molecule has 21 heavy (non-hydrogen) atoms. The molecule has 0 fully saturated rings. The van der Waals surface area contributed by atoms with E-state index >= 15 is 0 Å². The van der Waals surface area contributed by atoms with Crippen LogP contribution in [0.5, 0.6) is 11.5 Å². The average Bonchev–Trinajstić information content (AvgIpc) is 2.48. The van der Waals surface area contributed by atoms with Gasteiger partial charge in [-0.1, -0.05) is 12.1 Å². The fraction of sp³-hybridized carbons (Fsp3) is 0.188. The maximum absolute atomic E-state index is 11.3. The monoisotopic (exact) mass is 286 g/mol. The molecule has 2 rings (SSSR count). The van der Waals surface area contributed by atoms with Crippen LogP contribution >= 0.6 is 0 Å². The van der Waals surface area contributed by atoms with Crippen LogP contribution in [0.1, 0.15) is 15.9 Å². The average molecular weight is 286 g/mol. The Balaban J connectivity index is 1.99. The van der Waals surface area contributed by atoms with Crippen molar-refractivity contribution in [1.82, 2.24) is 0 Å². The van der Waals surface area contributed by atoms with E-state index in [4.69, 9.17) is 20.9 Å². The fourth-order valence-corrected chi connectivity index (χ4v) is 1.93. The topological polar surface area (TPSA) is 87.6 Å². The van der Waals surface area contributed by atoms with Gasteiger partial charge in [-0.2, -0.15) is 0 Å². The molecular weight excluding hydrogens is 268 g/mol. The van der Waals surface area contributed by atoms with Crippen molar-refractivity contribution in [3.05, 3.63) is 53.6 Å². The van der Waals surface area contributed by atoms with Crippen molar-refractivity contribution in [2.45, 2.75) is 6.42 Å². The number of hydrogen-bond donors (Lipinski definition) is 2. The third kappa shape index (κ3) is 3.89. The summed E-state index contributed by atoms with van der Waals surface area (Å²) in [6, 6.07) is 12.5. The van der Waals surface area contributed by atoms with E-state index < -0.39 is 5.91 Å². The second kappa shape index (κ2) is 6.65. The van der Waals surface area contributed by atoms with E-state index in [1.807, 2.05) is 24.3 Å². The van der Waals surface area contributed by atoms with Crippen molar-refractivity contribution in [3.8, 4) is 11.5 Å². The van der Waals surface area contributed by atoms with Gasteiger partial charge in [-0.3, -0.25) is 4.79 Å². The van der Waals surface area contributed by atoms with Gasteiger partial charge in [0.15, 0.2) is 0 Å². The van der Waals surface area contributed by atoms with Crippen LogP contribution in [0.3, 0.4) is 0 Å². The minimum absolute atomic E-state index is 0.332. The first-order valence-electron chi connectivity index (χ1n) is 6.55. The number of ether oxygens (including phenoxy) is 2. The molecule has 0 bridgehead atoms. The lowest BCUT2D eigenvalue weighted by atomic mass is 10.1. The minimum Gasteiger partial charge on any atom is -0.497 e. The van der Waals surface area contributed by atoms with Gasteiger partial charge >= 0.3 is 0 Å². The molecule has 0 unspecified atom stereocenters. The number of methoxy groups -OCH3 is 1. The largest absolute Gasteiger partial charge is 0.497 e. The van der Waals surface area contributed by atoms with Crippen LogP contribution in [-0.4, -0.2) is 19.6 Å². The molecule has 0 aliphatic rings. The SMILES string of the molecule is COc1ccc(CCOc2cc(N)ccc2C(N)=O)cc1. The molecule has 1 amide bonds. The molecule has 2 aromatic rings. The zero-order chi connectivity index (χ0) is 15.2. The Labute approximate surface area is 123 Å². The number of hydrogen-bond acceptors (Lipinski definition) is 4. The number of anilines is 1. The normalized spacial score (nSPS) is 10.1. The molecule has 0 saturated heterocycles. The Bertz CT molecular complexity index is 624. The Morgan fingerprint density at radius 2 is 1.86 bits per heavy atom. The molecule has 4 N–H and O–H groups in total. The molecule has 110 valence electrons. The first-order chi connectivity index (χ1) is 10.1. The zero-order valence-corrected chi connectivity index (χ0v) is 11.8. The quantitative estimate of drug-likeness (QED) is 0.795. The summed E-state index contributed by atoms with van der Waals surface area (Å²) in [7, 11) is 1.63. The lowest BCUT2D eigenvalue weighted by Gasteiger charge is -2.10. The molecule has 0 radical (unpaired) electrons. The molecule has 0 saturated carbocycles. The zero-order valence-electron chi connectivity index (χ0n) is 11.8. The van der Waals surface area contributed by atoms with E-state index in [0.29, 0.717) is 30.0 Å². The summed E-state index contributed by atoms with van der Waals surface area (Å²) < 4.78 is 10.7. The van der Waals surface area contributed by atoms with Crippen LogP contribution < -0.4 is 20.9 Å². The molecule has 0 atom stereocenters. The number of carbonyl (C=O) groups excluding carboxylic acids is 1. The minimum atomic E-state index is -0.533. The number of nitrogen functional groups attached to an aromatic ring is 1. The highest BCUT2D eigenvalue weighted by atomic mass is 16.5. The molecule has 5 heteroatoms. The second-order valence-corrected chi connectivity index (χ2v) is 4.57. The third-order valence-electron chi connectivity index (χ3n) is 3.08. The summed E-state index contributed by atoms with van der Waals surface area (Å²) in [4.78, 5) is 11.3. The Morgan fingerprint density at radius 3 is 2.48 bits per heavy atom. The highest BCUT2D eigenvalue weighted by Gasteiger charge is 2.09. The lowest BCUT2D eigenvalue weighted by molar-refractivity contribution is 0.0996. The van der Waals surface area contributed by atoms with Crippen LogP contribution in [0.4, 0.5) is 5.69 Å². The van der Waals surface area contributed by atoms with Crippen molar-refractivity contribution < 1.29 is 14.3 Å². The first kappa shape index (κ1) is 14.7. The van der Waals surface area contributed by atoms with Gasteiger partial charge in [0.2, 0.25) is 0 Å². The van der Waals surface area contributed by atoms with Gasteiger partial charge in [0.05, 0.1) is 19.3 Å². The molecule has 0 aromatic heterocycles. The van der Waals surface area contributed by atoms with Gasteiger partial charge in [-0.15, -0.1) is 0 Å². The van der Waals surface area contributed by atoms with E-state index in [0.717, 1.165) is 11.3 Å². The van der Waals surface area contributed by atoms with Gasteiger partial charge in [0, 0.05) is 18.2 Å². The first-order valence-corrected chi connectivity index (χ1v) is 6.55. The standard InChI is InChI=1S/C16H18N2O3/c1-20-13-5-2-11(3-6-13)8-9-21-15-10-12(17)4-7-14(15)16(18)19/h2-7,10H,8-9,17H2,1H3,(H2,18,19). The summed E-state index contributed by atoms with van der Waals surface area (Å²) in [5.41, 5.74) is 13.0. The number of nitrogens with two attached hydrogens (primary N) is 2. The number of carbonyl (C=O) groups is 1. The van der Waals surface area contributed by atoms with Crippen molar-refractivity contribution in [3.63, 3.8) is 0 Å².